The summed E-state index contributed by atoms with van der Waals surface area (Å²) in [5, 5.41) is 0. The number of rotatable bonds is 0. The summed E-state index contributed by atoms with van der Waals surface area (Å²) in [6.07, 6.45) is -0.0833. The molecule has 0 aliphatic carbocycles. The normalized spacial score (nSPS) is 3.00. The van der Waals surface area contributed by atoms with Gasteiger partial charge in [0.05, 0.1) is 0 Å². The Morgan fingerprint density at radius 3 is 0.923 bits per heavy atom. The average Bonchev–Trinajstić information content (AvgIpc) is 1.33. The van der Waals surface area contributed by atoms with Crippen molar-refractivity contribution >= 4 is 0 Å². The molecule has 0 atom stereocenters. The predicted octanol–water partition coefficient (Wildman–Crippen LogP) is -15.4. The number of halogens is 8. The van der Waals surface area contributed by atoms with E-state index < -0.39 is 6.08 Å². The van der Waals surface area contributed by atoms with E-state index in [2.05, 4.69) is 13.2 Å². The van der Waals surface area contributed by atoms with Crippen molar-refractivity contribution in [3.05, 3.63) is 25.3 Å². The summed E-state index contributed by atoms with van der Waals surface area (Å²) >= 11 is 0. The monoisotopic (exact) mass is 220 g/mol. The summed E-state index contributed by atoms with van der Waals surface area (Å²) in [5.74, 6) is 0. The molecule has 0 fully saturated rings. The molecule has 0 radical (unpaired) electrons. The van der Waals surface area contributed by atoms with E-state index in [0.717, 1.165) is 0 Å². The van der Waals surface area contributed by atoms with Gasteiger partial charge in [-0.05, 0) is 13.5 Å². The third kappa shape index (κ3) is 745. The first-order valence-electron chi connectivity index (χ1n) is 1.72. The van der Waals surface area contributed by atoms with Crippen molar-refractivity contribution in [1.29, 1.82) is 0 Å². The van der Waals surface area contributed by atoms with Gasteiger partial charge in [-0.15, -0.1) is 6.58 Å². The van der Waals surface area contributed by atoms with Crippen LogP contribution in [0.25, 0.3) is 0 Å². The first-order valence-corrected chi connectivity index (χ1v) is 1.72. The first kappa shape index (κ1) is 92.5. The minimum Gasteiger partial charge on any atom is -1.00 e. The molecule has 0 aliphatic heterocycles. The smallest absolute Gasteiger partial charge is 0.263 e. The quantitative estimate of drug-likeness (QED) is 0.281. The van der Waals surface area contributed by atoms with Crippen molar-refractivity contribution < 1.29 is 37.0 Å². The van der Waals surface area contributed by atoms with Gasteiger partial charge in [0.25, 0.3) is 6.08 Å². The molecule has 0 saturated carbocycles. The Balaban J connectivity index is -0.00000000444. The summed E-state index contributed by atoms with van der Waals surface area (Å²) < 4.78 is 20.3. The van der Waals surface area contributed by atoms with Gasteiger partial charge in [-0.2, -0.15) is 8.78 Å². The van der Waals surface area contributed by atoms with Crippen molar-refractivity contribution in [1.82, 2.24) is 0 Å². The lowest BCUT2D eigenvalue weighted by atomic mass is 10.8. The minimum absolute atomic E-state index is 0. The summed E-state index contributed by atoms with van der Waals surface area (Å²) in [5.41, 5.74) is 0. The zero-order chi connectivity index (χ0) is 6.28. The van der Waals surface area contributed by atoms with E-state index in [-0.39, 0.29) is 28.2 Å². The fraction of sp³-hybridized carbons (Fsp3) is 0.200. The maximum atomic E-state index is 10.1. The zero-order valence-corrected chi connectivity index (χ0v) is 6.52. The molecule has 0 aliphatic rings. The molecule has 0 saturated heterocycles. The van der Waals surface area contributed by atoms with Crippen LogP contribution in [0.3, 0.4) is 0 Å². The highest BCUT2D eigenvalue weighted by atomic mass is 19.3. The van der Waals surface area contributed by atoms with Crippen LogP contribution in [0.5, 0.6) is 0 Å². The van der Waals surface area contributed by atoms with Crippen LogP contribution in [0.2, 0.25) is 0 Å². The van der Waals surface area contributed by atoms with Crippen LogP contribution in [0.15, 0.2) is 25.3 Å². The third-order valence-electron chi connectivity index (χ3n) is 0. The highest BCUT2D eigenvalue weighted by Crippen LogP contribution is 1.85. The summed E-state index contributed by atoms with van der Waals surface area (Å²) in [4.78, 5) is 0. The van der Waals surface area contributed by atoms with Crippen LogP contribution in [0, 0.1) is 0 Å². The van der Waals surface area contributed by atoms with E-state index in [1.54, 1.807) is 6.08 Å². The van der Waals surface area contributed by atoms with Gasteiger partial charge in [0.1, 0.15) is 0 Å². The zero-order valence-electron chi connectivity index (χ0n) is 6.52. The average molecular weight is 220 g/mol. The second-order valence-electron chi connectivity index (χ2n) is 0.747. The Labute approximate surface area is 70.5 Å². The molecule has 0 bridgehead atoms. The number of hydrogen-bond acceptors (Lipinski definition) is 0. The molecule has 0 aromatic carbocycles. The fourth-order valence-electron chi connectivity index (χ4n) is 0. The maximum Gasteiger partial charge on any atom is 0.263 e. The molecule has 8 heteroatoms. The minimum atomic E-state index is -1.83. The van der Waals surface area contributed by atoms with Gasteiger partial charge in [-0.3, -0.25) is 0 Å². The van der Waals surface area contributed by atoms with Crippen molar-refractivity contribution in [2.75, 3.05) is 0 Å². The summed E-state index contributed by atoms with van der Waals surface area (Å²) in [6.45, 7) is 7.47. The molecule has 0 nitrogen and oxygen atoms in total. The van der Waals surface area contributed by atoms with E-state index in [0.29, 0.717) is 0 Å². The Bertz CT molecular complexity index is 59.6. The Morgan fingerprint density at radius 1 is 0.923 bits per heavy atom. The van der Waals surface area contributed by atoms with Crippen LogP contribution < -0.4 is 28.2 Å². The summed E-state index contributed by atoms with van der Waals surface area (Å²) in [7, 11) is 0. The van der Waals surface area contributed by atoms with Gasteiger partial charge >= 0.3 is 0 Å². The van der Waals surface area contributed by atoms with E-state index in [1.165, 1.54) is 0 Å². The SMILES string of the molecule is C=C(F)F.C=CC.[F-].[F-].[F-].[F-].[F-].[F-]. The largest absolute Gasteiger partial charge is 1.00 e. The topological polar surface area (TPSA) is 0 Å². The third-order valence-corrected chi connectivity index (χ3v) is 0. The molecule has 0 aromatic heterocycles. The Kier molecular flexibility index (Phi) is 897. The molecular formula is C5H8F8-6. The van der Waals surface area contributed by atoms with Gasteiger partial charge in [0.15, 0.2) is 0 Å². The predicted molar refractivity (Wildman–Crippen MR) is 27.2 cm³/mol. The van der Waals surface area contributed by atoms with Crippen LogP contribution in [-0.2, 0) is 0 Å². The number of hydrogen-bond donors (Lipinski definition) is 0. The van der Waals surface area contributed by atoms with Crippen LogP contribution >= 0.6 is 0 Å². The van der Waals surface area contributed by atoms with E-state index in [9.17, 15) is 8.78 Å². The molecule has 90 valence electrons. The Hall–Kier alpha value is -1.08. The second-order valence-corrected chi connectivity index (χ2v) is 0.747. The van der Waals surface area contributed by atoms with E-state index >= 15 is 0 Å². The standard InChI is InChI=1S/C3H6.C2H2F2.6FH/c1-3-2;1-2(3)4;;;;;;/h3H,1H2,2H3;1H2;6*1H/p-6. The second kappa shape index (κ2) is 126. The highest BCUT2D eigenvalue weighted by molar-refractivity contribution is 4.57. The van der Waals surface area contributed by atoms with Gasteiger partial charge in [0, 0.05) is 0 Å². The van der Waals surface area contributed by atoms with Crippen molar-refractivity contribution in [2.24, 2.45) is 0 Å². The van der Waals surface area contributed by atoms with Crippen molar-refractivity contribution in [2.45, 2.75) is 6.92 Å². The molecule has 0 amide bonds. The van der Waals surface area contributed by atoms with Gasteiger partial charge < -0.3 is 28.2 Å². The first-order chi connectivity index (χ1) is 3.15. The van der Waals surface area contributed by atoms with Gasteiger partial charge in [-0.1, -0.05) is 6.08 Å². The molecule has 13 heavy (non-hydrogen) atoms. The molecule has 0 rings (SSSR count). The molecular weight excluding hydrogens is 212 g/mol. The molecule has 0 N–H and O–H groups in total. The number of allylic oxidation sites excluding steroid dienone is 1. The van der Waals surface area contributed by atoms with Gasteiger partial charge in [-0.25, -0.2) is 0 Å². The molecule has 0 unspecified atom stereocenters. The van der Waals surface area contributed by atoms with Crippen LogP contribution in [-0.4, -0.2) is 0 Å². The molecule has 0 spiro atoms. The molecule has 0 aromatic rings. The van der Waals surface area contributed by atoms with Crippen molar-refractivity contribution in [3.63, 3.8) is 0 Å². The van der Waals surface area contributed by atoms with Crippen LogP contribution in [0.1, 0.15) is 6.92 Å². The van der Waals surface area contributed by atoms with Crippen molar-refractivity contribution in [3.8, 4) is 0 Å². The molecule has 0 heterocycles. The lowest BCUT2D eigenvalue weighted by molar-refractivity contribution is -0.00100. The fourth-order valence-corrected chi connectivity index (χ4v) is 0. The van der Waals surface area contributed by atoms with Crippen LogP contribution in [0.4, 0.5) is 8.78 Å². The Morgan fingerprint density at radius 2 is 0.923 bits per heavy atom. The highest BCUT2D eigenvalue weighted by Gasteiger charge is 1.65. The lowest BCUT2D eigenvalue weighted by Crippen LogP contribution is -3.00. The van der Waals surface area contributed by atoms with E-state index in [4.69, 9.17) is 0 Å². The maximum absolute atomic E-state index is 10.1. The lowest BCUT2D eigenvalue weighted by Gasteiger charge is -1.54. The summed E-state index contributed by atoms with van der Waals surface area (Å²) in [6, 6.07) is 0. The van der Waals surface area contributed by atoms with Gasteiger partial charge in [0.2, 0.25) is 0 Å². The van der Waals surface area contributed by atoms with E-state index in [1.807, 2.05) is 6.92 Å².